The molecule has 0 saturated heterocycles. The second kappa shape index (κ2) is 6.37. The molecule has 6 heteroatoms. The van der Waals surface area contributed by atoms with Gasteiger partial charge in [0.15, 0.2) is 5.70 Å². The van der Waals surface area contributed by atoms with E-state index in [-0.39, 0.29) is 23.3 Å². The number of carbonyl (C=O) groups excluding carboxylic acids is 2. The number of carbonyl (C=O) groups is 2. The zero-order valence-corrected chi connectivity index (χ0v) is 12.8. The van der Waals surface area contributed by atoms with Crippen molar-refractivity contribution in [3.63, 3.8) is 0 Å². The molecule has 2 aromatic carbocycles. The molecule has 120 valence electrons. The highest BCUT2D eigenvalue weighted by Gasteiger charge is 2.24. The lowest BCUT2D eigenvalue weighted by Crippen LogP contribution is -2.07. The fourth-order valence-corrected chi connectivity index (χ4v) is 2.19. The Hall–Kier alpha value is -3.41. The standard InChI is InChI=1S/C18H14N2O4/c1-11(21)19-14-8-6-12(7-9-14)17-20-15(18(23)24-17)10-13-4-2-3-5-16(13)22/h2-10,22H,1H3,(H,19,21)/b15-10+. The molecule has 2 N–H and O–H groups in total. The number of phenolic OH excluding ortho intramolecular Hbond substituents is 1. The van der Waals surface area contributed by atoms with E-state index in [4.69, 9.17) is 4.74 Å². The average Bonchev–Trinajstić information content (AvgIpc) is 2.91. The van der Waals surface area contributed by atoms with Crippen LogP contribution in [0.3, 0.4) is 0 Å². The summed E-state index contributed by atoms with van der Waals surface area (Å²) in [4.78, 5) is 27.1. The van der Waals surface area contributed by atoms with Gasteiger partial charge in [-0.05, 0) is 36.4 Å². The molecule has 0 aromatic heterocycles. The summed E-state index contributed by atoms with van der Waals surface area (Å²) in [5.74, 6) is -0.517. The Morgan fingerprint density at radius 1 is 1.17 bits per heavy atom. The van der Waals surface area contributed by atoms with E-state index in [0.29, 0.717) is 16.8 Å². The van der Waals surface area contributed by atoms with Gasteiger partial charge >= 0.3 is 5.97 Å². The van der Waals surface area contributed by atoms with Gasteiger partial charge in [0.2, 0.25) is 11.8 Å². The molecule has 0 saturated carbocycles. The van der Waals surface area contributed by atoms with Gasteiger partial charge in [0, 0.05) is 23.7 Å². The Kier molecular flexibility index (Phi) is 4.11. The number of rotatable bonds is 3. The Morgan fingerprint density at radius 3 is 2.54 bits per heavy atom. The van der Waals surface area contributed by atoms with E-state index in [9.17, 15) is 14.7 Å². The van der Waals surface area contributed by atoms with Gasteiger partial charge in [-0.2, -0.15) is 0 Å². The number of hydrogen-bond acceptors (Lipinski definition) is 5. The van der Waals surface area contributed by atoms with Gasteiger partial charge in [-0.25, -0.2) is 9.79 Å². The number of amides is 1. The first-order chi connectivity index (χ1) is 11.5. The zero-order valence-electron chi connectivity index (χ0n) is 12.8. The van der Waals surface area contributed by atoms with Gasteiger partial charge in [-0.1, -0.05) is 18.2 Å². The third-order valence-corrected chi connectivity index (χ3v) is 3.30. The second-order valence-electron chi connectivity index (χ2n) is 5.15. The first-order valence-electron chi connectivity index (χ1n) is 7.21. The molecule has 0 radical (unpaired) electrons. The first-order valence-corrected chi connectivity index (χ1v) is 7.21. The lowest BCUT2D eigenvalue weighted by atomic mass is 10.1. The van der Waals surface area contributed by atoms with Crippen molar-refractivity contribution >= 4 is 29.5 Å². The number of phenols is 1. The van der Waals surface area contributed by atoms with Crippen LogP contribution in [0.1, 0.15) is 18.1 Å². The smallest absolute Gasteiger partial charge is 0.363 e. The quantitative estimate of drug-likeness (QED) is 0.672. The van der Waals surface area contributed by atoms with Gasteiger partial charge in [0.05, 0.1) is 0 Å². The van der Waals surface area contributed by atoms with Gasteiger partial charge in [-0.3, -0.25) is 4.79 Å². The second-order valence-corrected chi connectivity index (χ2v) is 5.15. The van der Waals surface area contributed by atoms with Gasteiger partial charge < -0.3 is 15.2 Å². The highest BCUT2D eigenvalue weighted by atomic mass is 16.6. The number of aliphatic imine (C=N–C) groups is 1. The molecule has 0 fully saturated rings. The molecule has 0 atom stereocenters. The molecule has 0 unspecified atom stereocenters. The van der Waals surface area contributed by atoms with Crippen molar-refractivity contribution in [3.05, 3.63) is 65.4 Å². The fraction of sp³-hybridized carbons (Fsp3) is 0.0556. The van der Waals surface area contributed by atoms with Crippen LogP contribution in [0.2, 0.25) is 0 Å². The fourth-order valence-electron chi connectivity index (χ4n) is 2.19. The van der Waals surface area contributed by atoms with Crippen LogP contribution in [-0.4, -0.2) is 22.9 Å². The molecular formula is C18H14N2O4. The molecule has 1 amide bonds. The molecule has 6 nitrogen and oxygen atoms in total. The van der Waals surface area contributed by atoms with E-state index in [1.165, 1.54) is 19.1 Å². The predicted molar refractivity (Wildman–Crippen MR) is 89.5 cm³/mol. The van der Waals surface area contributed by atoms with Crippen LogP contribution in [0.5, 0.6) is 5.75 Å². The SMILES string of the molecule is CC(=O)Nc1ccc(C2=N/C(=C/c3ccccc3O)C(=O)O2)cc1. The number of para-hydroxylation sites is 1. The Balaban J connectivity index is 1.86. The normalized spacial score (nSPS) is 15.1. The van der Waals surface area contributed by atoms with E-state index < -0.39 is 5.97 Å². The predicted octanol–water partition coefficient (Wildman–Crippen LogP) is 2.70. The van der Waals surface area contributed by atoms with Crippen LogP contribution in [-0.2, 0) is 14.3 Å². The summed E-state index contributed by atoms with van der Waals surface area (Å²) in [7, 11) is 0. The maximum atomic E-state index is 11.9. The number of nitrogens with one attached hydrogen (secondary N) is 1. The van der Waals surface area contributed by atoms with E-state index >= 15 is 0 Å². The number of ether oxygens (including phenoxy) is 1. The number of anilines is 1. The van der Waals surface area contributed by atoms with Crippen LogP contribution in [0.15, 0.2) is 59.2 Å². The van der Waals surface area contributed by atoms with Crippen molar-refractivity contribution < 1.29 is 19.4 Å². The summed E-state index contributed by atoms with van der Waals surface area (Å²) in [5.41, 5.74) is 1.84. The minimum absolute atomic E-state index is 0.0566. The molecule has 3 rings (SSSR count). The third-order valence-electron chi connectivity index (χ3n) is 3.30. The summed E-state index contributed by atoms with van der Waals surface area (Å²) < 4.78 is 5.17. The maximum absolute atomic E-state index is 11.9. The molecule has 0 aliphatic carbocycles. The number of nitrogens with zero attached hydrogens (tertiary/aromatic N) is 1. The topological polar surface area (TPSA) is 88.0 Å². The van der Waals surface area contributed by atoms with Crippen LogP contribution in [0, 0.1) is 0 Å². The number of benzene rings is 2. The Bertz CT molecular complexity index is 867. The molecule has 1 aliphatic rings. The van der Waals surface area contributed by atoms with E-state index in [1.54, 1.807) is 42.5 Å². The highest BCUT2D eigenvalue weighted by Crippen LogP contribution is 2.24. The van der Waals surface area contributed by atoms with Gasteiger partial charge in [0.25, 0.3) is 0 Å². The molecule has 0 bridgehead atoms. The third kappa shape index (κ3) is 3.33. The number of aromatic hydroxyl groups is 1. The minimum atomic E-state index is -0.584. The molecular weight excluding hydrogens is 308 g/mol. The molecule has 0 spiro atoms. The minimum Gasteiger partial charge on any atom is -0.507 e. The van der Waals surface area contributed by atoms with Crippen molar-refractivity contribution in [2.75, 3.05) is 5.32 Å². The first kappa shape index (κ1) is 15.5. The monoisotopic (exact) mass is 322 g/mol. The summed E-state index contributed by atoms with van der Waals surface area (Å²) in [5, 5.41) is 12.4. The van der Waals surface area contributed by atoms with Crippen LogP contribution < -0.4 is 5.32 Å². The number of cyclic esters (lactones) is 1. The summed E-state index contributed by atoms with van der Waals surface area (Å²) in [6, 6.07) is 13.4. The average molecular weight is 322 g/mol. The van der Waals surface area contributed by atoms with Crippen LogP contribution in [0.4, 0.5) is 5.69 Å². The van der Waals surface area contributed by atoms with E-state index in [0.717, 1.165) is 0 Å². The van der Waals surface area contributed by atoms with Gasteiger partial charge in [0.1, 0.15) is 5.75 Å². The van der Waals surface area contributed by atoms with E-state index in [1.807, 2.05) is 0 Å². The zero-order chi connectivity index (χ0) is 17.1. The Labute approximate surface area is 138 Å². The van der Waals surface area contributed by atoms with Gasteiger partial charge in [-0.15, -0.1) is 0 Å². The van der Waals surface area contributed by atoms with Crippen molar-refractivity contribution in [1.29, 1.82) is 0 Å². The lowest BCUT2D eigenvalue weighted by Gasteiger charge is -2.03. The largest absolute Gasteiger partial charge is 0.507 e. The number of esters is 1. The van der Waals surface area contributed by atoms with Crippen LogP contribution in [0.25, 0.3) is 6.08 Å². The van der Waals surface area contributed by atoms with Crippen molar-refractivity contribution in [1.82, 2.24) is 0 Å². The summed E-state index contributed by atoms with van der Waals surface area (Å²) in [6.07, 6.45) is 1.47. The molecule has 1 heterocycles. The highest BCUT2D eigenvalue weighted by molar-refractivity contribution is 6.13. The van der Waals surface area contributed by atoms with Crippen LogP contribution >= 0.6 is 0 Å². The summed E-state index contributed by atoms with van der Waals surface area (Å²) in [6.45, 7) is 1.42. The van der Waals surface area contributed by atoms with Crippen molar-refractivity contribution in [2.45, 2.75) is 6.92 Å². The lowest BCUT2D eigenvalue weighted by molar-refractivity contribution is -0.129. The summed E-state index contributed by atoms with van der Waals surface area (Å²) >= 11 is 0. The molecule has 24 heavy (non-hydrogen) atoms. The van der Waals surface area contributed by atoms with Crippen molar-refractivity contribution in [3.8, 4) is 5.75 Å². The molecule has 1 aliphatic heterocycles. The number of hydrogen-bond donors (Lipinski definition) is 2. The van der Waals surface area contributed by atoms with Crippen molar-refractivity contribution in [2.24, 2.45) is 4.99 Å². The molecule has 2 aromatic rings. The maximum Gasteiger partial charge on any atom is 0.363 e. The van der Waals surface area contributed by atoms with E-state index in [2.05, 4.69) is 10.3 Å². The Morgan fingerprint density at radius 2 is 1.88 bits per heavy atom.